The third-order valence-electron chi connectivity index (χ3n) is 5.76. The summed E-state index contributed by atoms with van der Waals surface area (Å²) in [6.45, 7) is 0. The van der Waals surface area contributed by atoms with Gasteiger partial charge in [0.05, 0.1) is 21.3 Å². The Kier molecular flexibility index (Phi) is 8.18. The third-order valence-corrected chi connectivity index (χ3v) is 5.76. The van der Waals surface area contributed by atoms with Crippen molar-refractivity contribution in [3.63, 3.8) is 0 Å². The zero-order valence-electron chi connectivity index (χ0n) is 20.6. The summed E-state index contributed by atoms with van der Waals surface area (Å²) < 4.78 is 21.9. The van der Waals surface area contributed by atoms with Gasteiger partial charge in [-0.25, -0.2) is 0 Å². The van der Waals surface area contributed by atoms with Crippen molar-refractivity contribution in [1.82, 2.24) is 15.5 Å². The van der Waals surface area contributed by atoms with E-state index in [9.17, 15) is 4.79 Å². The Hall–Kier alpha value is -4.33. The molecule has 0 unspecified atom stereocenters. The van der Waals surface area contributed by atoms with Crippen molar-refractivity contribution in [1.29, 1.82) is 0 Å². The molecule has 0 fully saturated rings. The standard InChI is InChI=1S/C28H29N3O5/c1-33-23-17-21(18-24(34-2)26(23)35-3)27-30-28(36-31-27)22(16-20-12-8-5-9-13-20)29-25(32)15-14-19-10-6-4-7-11-19/h4-13,17-18,22H,14-16H2,1-3H3,(H,29,32)/t22-/m1/s1. The van der Waals surface area contributed by atoms with Crippen LogP contribution in [0.1, 0.15) is 29.5 Å². The number of hydrogen-bond acceptors (Lipinski definition) is 7. The van der Waals surface area contributed by atoms with Gasteiger partial charge in [0.1, 0.15) is 6.04 Å². The Labute approximate surface area is 210 Å². The van der Waals surface area contributed by atoms with E-state index >= 15 is 0 Å². The molecule has 186 valence electrons. The smallest absolute Gasteiger partial charge is 0.249 e. The van der Waals surface area contributed by atoms with Crippen LogP contribution in [0.2, 0.25) is 0 Å². The molecule has 0 radical (unpaired) electrons. The SMILES string of the molecule is COc1cc(-c2noc([C@@H](Cc3ccccc3)NC(=O)CCc3ccccc3)n2)cc(OC)c1OC. The van der Waals surface area contributed by atoms with Crippen molar-refractivity contribution in [2.75, 3.05) is 21.3 Å². The molecular weight excluding hydrogens is 458 g/mol. The van der Waals surface area contributed by atoms with Crippen LogP contribution in [0, 0.1) is 0 Å². The van der Waals surface area contributed by atoms with E-state index in [2.05, 4.69) is 15.5 Å². The summed E-state index contributed by atoms with van der Waals surface area (Å²) in [5.41, 5.74) is 2.78. The van der Waals surface area contributed by atoms with Gasteiger partial charge in [0.25, 0.3) is 0 Å². The fourth-order valence-electron chi connectivity index (χ4n) is 3.92. The van der Waals surface area contributed by atoms with Crippen LogP contribution in [0.4, 0.5) is 0 Å². The number of methoxy groups -OCH3 is 3. The van der Waals surface area contributed by atoms with Gasteiger partial charge in [-0.3, -0.25) is 4.79 Å². The summed E-state index contributed by atoms with van der Waals surface area (Å²) >= 11 is 0. The Bertz CT molecular complexity index is 1250. The molecule has 36 heavy (non-hydrogen) atoms. The summed E-state index contributed by atoms with van der Waals surface area (Å²) in [7, 11) is 4.63. The van der Waals surface area contributed by atoms with Crippen molar-refractivity contribution < 1.29 is 23.5 Å². The van der Waals surface area contributed by atoms with Gasteiger partial charge in [0.2, 0.25) is 23.4 Å². The normalized spacial score (nSPS) is 11.5. The Balaban J connectivity index is 1.57. The van der Waals surface area contributed by atoms with Crippen LogP contribution >= 0.6 is 0 Å². The monoisotopic (exact) mass is 487 g/mol. The lowest BCUT2D eigenvalue weighted by Gasteiger charge is -2.15. The fraction of sp³-hybridized carbons (Fsp3) is 0.250. The van der Waals surface area contributed by atoms with Gasteiger partial charge >= 0.3 is 0 Å². The van der Waals surface area contributed by atoms with Crippen LogP contribution in [-0.2, 0) is 17.6 Å². The maximum absolute atomic E-state index is 12.9. The molecule has 4 aromatic rings. The number of amides is 1. The Morgan fingerprint density at radius 3 is 2.08 bits per heavy atom. The number of ether oxygens (including phenoxy) is 3. The molecule has 0 saturated carbocycles. The lowest BCUT2D eigenvalue weighted by atomic mass is 10.0. The summed E-state index contributed by atoms with van der Waals surface area (Å²) in [4.78, 5) is 17.5. The maximum atomic E-state index is 12.9. The van der Waals surface area contributed by atoms with E-state index in [1.54, 1.807) is 33.5 Å². The molecule has 0 bridgehead atoms. The fourth-order valence-corrected chi connectivity index (χ4v) is 3.92. The molecule has 1 aromatic heterocycles. The minimum Gasteiger partial charge on any atom is -0.493 e. The number of benzene rings is 3. The first-order chi connectivity index (χ1) is 17.6. The predicted octanol–water partition coefficient (Wildman–Crippen LogP) is 4.80. The topological polar surface area (TPSA) is 95.7 Å². The Morgan fingerprint density at radius 2 is 1.50 bits per heavy atom. The molecule has 1 heterocycles. The molecule has 1 amide bonds. The number of carbonyl (C=O) groups excluding carboxylic acids is 1. The number of aryl methyl sites for hydroxylation is 1. The van der Waals surface area contributed by atoms with Gasteiger partial charge in [-0.2, -0.15) is 4.98 Å². The van der Waals surface area contributed by atoms with E-state index in [1.807, 2.05) is 60.7 Å². The minimum atomic E-state index is -0.487. The van der Waals surface area contributed by atoms with Crippen LogP contribution < -0.4 is 19.5 Å². The number of nitrogens with one attached hydrogen (secondary N) is 1. The van der Waals surface area contributed by atoms with Crippen LogP contribution in [0.3, 0.4) is 0 Å². The second-order valence-electron chi connectivity index (χ2n) is 8.17. The molecule has 0 aliphatic rings. The van der Waals surface area contributed by atoms with Crippen LogP contribution in [-0.4, -0.2) is 37.4 Å². The van der Waals surface area contributed by atoms with Gasteiger partial charge in [-0.1, -0.05) is 65.8 Å². The van der Waals surface area contributed by atoms with Crippen LogP contribution in [0.25, 0.3) is 11.4 Å². The van der Waals surface area contributed by atoms with Gasteiger partial charge < -0.3 is 24.1 Å². The van der Waals surface area contributed by atoms with Gasteiger partial charge in [0.15, 0.2) is 11.5 Å². The van der Waals surface area contributed by atoms with E-state index in [-0.39, 0.29) is 5.91 Å². The average molecular weight is 488 g/mol. The summed E-state index contributed by atoms with van der Waals surface area (Å²) in [5.74, 6) is 2.01. The quantitative estimate of drug-likeness (QED) is 0.325. The van der Waals surface area contributed by atoms with E-state index in [4.69, 9.17) is 18.7 Å². The number of carbonyl (C=O) groups is 1. The Morgan fingerprint density at radius 1 is 0.889 bits per heavy atom. The number of nitrogens with zero attached hydrogens (tertiary/aromatic N) is 2. The van der Waals surface area contributed by atoms with Gasteiger partial charge in [-0.15, -0.1) is 0 Å². The maximum Gasteiger partial charge on any atom is 0.249 e. The first-order valence-electron chi connectivity index (χ1n) is 11.6. The average Bonchev–Trinajstić information content (AvgIpc) is 3.42. The molecule has 8 nitrogen and oxygen atoms in total. The molecular formula is C28H29N3O5. The second kappa shape index (κ2) is 11.9. The van der Waals surface area contributed by atoms with Crippen molar-refractivity contribution in [3.05, 3.63) is 89.8 Å². The number of rotatable bonds is 11. The molecule has 0 aliphatic carbocycles. The van der Waals surface area contributed by atoms with Crippen molar-refractivity contribution >= 4 is 5.91 Å². The van der Waals surface area contributed by atoms with E-state index in [0.29, 0.717) is 53.8 Å². The van der Waals surface area contributed by atoms with Crippen LogP contribution in [0.5, 0.6) is 17.2 Å². The molecule has 8 heteroatoms. The first kappa shape index (κ1) is 24.8. The molecule has 0 spiro atoms. The van der Waals surface area contributed by atoms with E-state index in [0.717, 1.165) is 11.1 Å². The molecule has 0 saturated heterocycles. The van der Waals surface area contributed by atoms with E-state index in [1.165, 1.54) is 0 Å². The van der Waals surface area contributed by atoms with Gasteiger partial charge in [-0.05, 0) is 29.7 Å². The largest absolute Gasteiger partial charge is 0.493 e. The highest BCUT2D eigenvalue weighted by atomic mass is 16.5. The first-order valence-corrected chi connectivity index (χ1v) is 11.6. The molecule has 3 aromatic carbocycles. The predicted molar refractivity (Wildman–Crippen MR) is 135 cm³/mol. The zero-order chi connectivity index (χ0) is 25.3. The molecule has 4 rings (SSSR count). The number of aromatic nitrogens is 2. The summed E-state index contributed by atoms with van der Waals surface area (Å²) in [6.07, 6.45) is 1.50. The third kappa shape index (κ3) is 6.02. The lowest BCUT2D eigenvalue weighted by Crippen LogP contribution is -2.30. The molecule has 0 aliphatic heterocycles. The highest BCUT2D eigenvalue weighted by Crippen LogP contribution is 2.40. The highest BCUT2D eigenvalue weighted by Gasteiger charge is 2.24. The van der Waals surface area contributed by atoms with Crippen molar-refractivity contribution in [2.45, 2.75) is 25.3 Å². The number of hydrogen-bond donors (Lipinski definition) is 1. The zero-order valence-corrected chi connectivity index (χ0v) is 20.6. The van der Waals surface area contributed by atoms with Crippen LogP contribution in [0.15, 0.2) is 77.3 Å². The second-order valence-corrected chi connectivity index (χ2v) is 8.17. The van der Waals surface area contributed by atoms with Gasteiger partial charge in [0, 0.05) is 18.4 Å². The minimum absolute atomic E-state index is 0.0904. The van der Waals surface area contributed by atoms with E-state index < -0.39 is 6.04 Å². The molecule has 1 N–H and O–H groups in total. The molecule has 1 atom stereocenters. The van der Waals surface area contributed by atoms with Crippen molar-refractivity contribution in [2.24, 2.45) is 0 Å². The summed E-state index contributed by atoms with van der Waals surface area (Å²) in [5, 5.41) is 7.24. The highest BCUT2D eigenvalue weighted by molar-refractivity contribution is 5.76. The lowest BCUT2D eigenvalue weighted by molar-refractivity contribution is -0.122. The summed E-state index contributed by atoms with van der Waals surface area (Å²) in [6, 6.07) is 22.8. The van der Waals surface area contributed by atoms with Crippen molar-refractivity contribution in [3.8, 4) is 28.6 Å².